The van der Waals surface area contributed by atoms with E-state index in [1.807, 2.05) is 79.1 Å². The summed E-state index contributed by atoms with van der Waals surface area (Å²) in [5, 5.41) is 13.7. The van der Waals surface area contributed by atoms with E-state index in [1.165, 1.54) is 0 Å². The van der Waals surface area contributed by atoms with Crippen molar-refractivity contribution in [3.05, 3.63) is 89.5 Å². The average molecular weight is 442 g/mol. The lowest BCUT2D eigenvalue weighted by molar-refractivity contribution is 0.0701. The van der Waals surface area contributed by atoms with Crippen LogP contribution in [0.4, 0.5) is 5.69 Å². The number of ether oxygens (including phenoxy) is 1. The molecule has 0 radical (unpaired) electrons. The molecular weight excluding hydrogens is 414 g/mol. The van der Waals surface area contributed by atoms with Crippen LogP contribution in [-0.4, -0.2) is 54.7 Å². The zero-order valence-electron chi connectivity index (χ0n) is 18.4. The predicted octanol–water partition coefficient (Wildman–Crippen LogP) is 3.73. The molecule has 6 nitrogen and oxygen atoms in total. The van der Waals surface area contributed by atoms with Crippen LogP contribution in [0.25, 0.3) is 11.1 Å². The van der Waals surface area contributed by atoms with E-state index in [-0.39, 0.29) is 5.91 Å². The lowest BCUT2D eigenvalue weighted by atomic mass is 10.0. The minimum atomic E-state index is -0.661. The maximum atomic E-state index is 13.0. The van der Waals surface area contributed by atoms with Crippen molar-refractivity contribution in [3.8, 4) is 11.1 Å². The number of amides is 1. The Morgan fingerprint density at radius 3 is 2.48 bits per heavy atom. The third-order valence-corrected chi connectivity index (χ3v) is 6.23. The van der Waals surface area contributed by atoms with Crippen LogP contribution in [0, 0.1) is 0 Å². The Balaban J connectivity index is 1.30. The largest absolute Gasteiger partial charge is 0.390 e. The van der Waals surface area contributed by atoms with Crippen LogP contribution in [0.2, 0.25) is 0 Å². The van der Waals surface area contributed by atoms with Crippen molar-refractivity contribution in [1.82, 2.24) is 10.2 Å². The summed E-state index contributed by atoms with van der Waals surface area (Å²) in [4.78, 5) is 19.7. The molecule has 1 aliphatic carbocycles. The number of fused-ring (bicyclic) bond motifs is 1. The molecule has 2 aliphatic rings. The number of rotatable bonds is 5. The van der Waals surface area contributed by atoms with Crippen molar-refractivity contribution in [2.45, 2.75) is 18.6 Å². The summed E-state index contributed by atoms with van der Waals surface area (Å²) in [6.45, 7) is 3.08. The van der Waals surface area contributed by atoms with Crippen LogP contribution < -0.4 is 5.32 Å². The van der Waals surface area contributed by atoms with Gasteiger partial charge in [-0.2, -0.15) is 0 Å². The molecule has 1 fully saturated rings. The zero-order valence-corrected chi connectivity index (χ0v) is 18.4. The second kappa shape index (κ2) is 9.57. The summed E-state index contributed by atoms with van der Waals surface area (Å²) >= 11 is 0. The van der Waals surface area contributed by atoms with Gasteiger partial charge in [0.15, 0.2) is 0 Å². The Bertz CT molecular complexity index is 1140. The molecule has 3 aromatic rings. The molecule has 0 saturated carbocycles. The van der Waals surface area contributed by atoms with Crippen LogP contribution in [-0.2, 0) is 11.2 Å². The zero-order chi connectivity index (χ0) is 22.6. The molecule has 0 bridgehead atoms. The van der Waals surface area contributed by atoms with Crippen LogP contribution in [0.15, 0.2) is 77.8 Å². The van der Waals surface area contributed by atoms with Crippen molar-refractivity contribution in [2.75, 3.05) is 26.3 Å². The summed E-state index contributed by atoms with van der Waals surface area (Å²) in [6.07, 6.45) is 1.70. The molecule has 5 rings (SSSR count). The monoisotopic (exact) mass is 441 g/mol. The molecule has 0 aromatic heterocycles. The molecule has 0 unspecified atom stereocenters. The van der Waals surface area contributed by atoms with Gasteiger partial charge in [0.1, 0.15) is 0 Å². The summed E-state index contributed by atoms with van der Waals surface area (Å²) in [5.41, 5.74) is 5.50. The molecule has 3 aromatic carbocycles. The number of aliphatic hydroxyl groups excluding tert-OH is 1. The minimum absolute atomic E-state index is 0.200. The van der Waals surface area contributed by atoms with Gasteiger partial charge in [-0.25, -0.2) is 4.99 Å². The fourth-order valence-corrected chi connectivity index (χ4v) is 4.37. The molecule has 168 valence electrons. The van der Waals surface area contributed by atoms with Crippen LogP contribution >= 0.6 is 0 Å². The van der Waals surface area contributed by atoms with Gasteiger partial charge in [-0.3, -0.25) is 4.79 Å². The number of hydrogen-bond acceptors (Lipinski definition) is 4. The standard InChI is InChI=1S/C27H27N3O3/c31-25-16-22-10-11-23(28-18-30-12-14-33-15-13-30)17-24(22)26(25)29-27(32)21-8-6-20(7-9-21)19-4-2-1-3-5-19/h1-11,17-18,25-26,31H,12-16H2,(H,29,32)/t25-,26-/m1/s1. The van der Waals surface area contributed by atoms with E-state index in [9.17, 15) is 9.90 Å². The van der Waals surface area contributed by atoms with Crippen molar-refractivity contribution < 1.29 is 14.6 Å². The van der Waals surface area contributed by atoms with E-state index in [2.05, 4.69) is 15.2 Å². The highest BCUT2D eigenvalue weighted by atomic mass is 16.5. The predicted molar refractivity (Wildman–Crippen MR) is 129 cm³/mol. The maximum Gasteiger partial charge on any atom is 0.251 e. The molecule has 2 atom stereocenters. The fourth-order valence-electron chi connectivity index (χ4n) is 4.37. The van der Waals surface area contributed by atoms with Gasteiger partial charge in [0.05, 0.1) is 37.4 Å². The molecule has 1 saturated heterocycles. The van der Waals surface area contributed by atoms with Gasteiger partial charge in [-0.1, -0.05) is 48.5 Å². The number of nitrogens with zero attached hydrogens (tertiary/aromatic N) is 2. The highest BCUT2D eigenvalue weighted by molar-refractivity contribution is 5.95. The summed E-state index contributed by atoms with van der Waals surface area (Å²) in [6, 6.07) is 23.0. The fraction of sp³-hybridized carbons (Fsp3) is 0.259. The Hall–Kier alpha value is -3.48. The average Bonchev–Trinajstić information content (AvgIpc) is 3.18. The number of aliphatic imine (C=N–C) groups is 1. The molecule has 1 amide bonds. The second-order valence-corrected chi connectivity index (χ2v) is 8.44. The Labute approximate surface area is 193 Å². The first-order valence-electron chi connectivity index (χ1n) is 11.3. The molecule has 1 heterocycles. The Morgan fingerprint density at radius 1 is 1.00 bits per heavy atom. The Kier molecular flexibility index (Phi) is 6.19. The Morgan fingerprint density at radius 2 is 1.73 bits per heavy atom. The molecule has 2 N–H and O–H groups in total. The number of benzene rings is 3. The topological polar surface area (TPSA) is 74.2 Å². The van der Waals surface area contributed by atoms with Crippen molar-refractivity contribution in [1.29, 1.82) is 0 Å². The minimum Gasteiger partial charge on any atom is -0.390 e. The second-order valence-electron chi connectivity index (χ2n) is 8.44. The van der Waals surface area contributed by atoms with E-state index >= 15 is 0 Å². The molecule has 1 aliphatic heterocycles. The van der Waals surface area contributed by atoms with Gasteiger partial charge >= 0.3 is 0 Å². The van der Waals surface area contributed by atoms with Gasteiger partial charge in [-0.05, 0) is 46.5 Å². The van der Waals surface area contributed by atoms with E-state index in [4.69, 9.17) is 4.74 Å². The smallest absolute Gasteiger partial charge is 0.251 e. The number of carbonyl (C=O) groups is 1. The highest BCUT2D eigenvalue weighted by Crippen LogP contribution is 2.34. The normalized spacial score (nSPS) is 20.1. The number of morpholine rings is 1. The van der Waals surface area contributed by atoms with E-state index in [0.717, 1.165) is 41.0 Å². The SMILES string of the molecule is O=C(N[C@@H]1c2cc(N=CN3CCOCC3)ccc2C[C@H]1O)c1ccc(-c2ccccc2)cc1. The van der Waals surface area contributed by atoms with Gasteiger partial charge in [0.2, 0.25) is 0 Å². The molecule has 33 heavy (non-hydrogen) atoms. The maximum absolute atomic E-state index is 13.0. The number of carbonyl (C=O) groups excluding carboxylic acids is 1. The van der Waals surface area contributed by atoms with Gasteiger partial charge in [-0.15, -0.1) is 0 Å². The van der Waals surface area contributed by atoms with Gasteiger partial charge in [0, 0.05) is 25.1 Å². The number of hydrogen-bond donors (Lipinski definition) is 2. The summed E-state index contributed by atoms with van der Waals surface area (Å²) in [7, 11) is 0. The molecular formula is C27H27N3O3. The first kappa shape index (κ1) is 21.4. The van der Waals surface area contributed by atoms with Crippen molar-refractivity contribution in [3.63, 3.8) is 0 Å². The van der Waals surface area contributed by atoms with Crippen molar-refractivity contribution in [2.24, 2.45) is 4.99 Å². The lowest BCUT2D eigenvalue weighted by Gasteiger charge is -2.24. The molecule has 6 heteroatoms. The van der Waals surface area contributed by atoms with Gasteiger partial charge < -0.3 is 20.1 Å². The first-order valence-corrected chi connectivity index (χ1v) is 11.3. The van der Waals surface area contributed by atoms with E-state index in [1.54, 1.807) is 0 Å². The van der Waals surface area contributed by atoms with Crippen LogP contribution in [0.1, 0.15) is 27.5 Å². The van der Waals surface area contributed by atoms with Gasteiger partial charge in [0.25, 0.3) is 5.91 Å². The number of aliphatic hydroxyl groups is 1. The number of nitrogens with one attached hydrogen (secondary N) is 1. The third kappa shape index (κ3) is 4.82. The van der Waals surface area contributed by atoms with Crippen LogP contribution in [0.3, 0.4) is 0 Å². The van der Waals surface area contributed by atoms with Crippen LogP contribution in [0.5, 0.6) is 0 Å². The van der Waals surface area contributed by atoms with Crippen molar-refractivity contribution >= 4 is 17.9 Å². The first-order chi connectivity index (χ1) is 16.2. The quantitative estimate of drug-likeness (QED) is 0.467. The van der Waals surface area contributed by atoms with E-state index in [0.29, 0.717) is 25.2 Å². The summed E-state index contributed by atoms with van der Waals surface area (Å²) < 4.78 is 5.37. The third-order valence-electron chi connectivity index (χ3n) is 6.23. The molecule has 0 spiro atoms. The summed E-state index contributed by atoms with van der Waals surface area (Å²) in [5.74, 6) is -0.200. The lowest BCUT2D eigenvalue weighted by Crippen LogP contribution is -2.35. The highest BCUT2D eigenvalue weighted by Gasteiger charge is 2.32. The van der Waals surface area contributed by atoms with E-state index < -0.39 is 12.1 Å².